The summed E-state index contributed by atoms with van der Waals surface area (Å²) in [5, 5.41) is 9.92. The number of fused-ring (bicyclic) bond motifs is 2. The van der Waals surface area contributed by atoms with Gasteiger partial charge in [-0.2, -0.15) is 12.6 Å². The molecule has 2 unspecified atom stereocenters. The van der Waals surface area contributed by atoms with Gasteiger partial charge in [-0.3, -0.25) is 9.89 Å². The van der Waals surface area contributed by atoms with Crippen LogP contribution in [0.3, 0.4) is 0 Å². The zero-order valence-corrected chi connectivity index (χ0v) is 25.6. The first kappa shape index (κ1) is 29.3. The fraction of sp³-hybridized carbons (Fsp3) is 0.364. The third-order valence-corrected chi connectivity index (χ3v) is 9.62. The van der Waals surface area contributed by atoms with Gasteiger partial charge in [-0.25, -0.2) is 14.2 Å². The number of halogens is 2. The summed E-state index contributed by atoms with van der Waals surface area (Å²) in [5.41, 5.74) is 4.05. The minimum Gasteiger partial charge on any atom is -0.478 e. The molecule has 3 aliphatic rings. The van der Waals surface area contributed by atoms with Gasteiger partial charge < -0.3 is 19.1 Å². The Labute approximate surface area is 264 Å². The van der Waals surface area contributed by atoms with Crippen LogP contribution < -0.4 is 4.74 Å². The summed E-state index contributed by atoms with van der Waals surface area (Å²) >= 11 is 10.8. The molecule has 228 valence electrons. The Kier molecular flexibility index (Phi) is 8.09. The van der Waals surface area contributed by atoms with Crippen molar-refractivity contribution in [3.05, 3.63) is 88.0 Å². The molecule has 0 amide bonds. The van der Waals surface area contributed by atoms with E-state index < -0.39 is 17.9 Å². The molecule has 3 aliphatic heterocycles. The van der Waals surface area contributed by atoms with Gasteiger partial charge in [-0.1, -0.05) is 29.8 Å². The highest BCUT2D eigenvalue weighted by Gasteiger charge is 2.31. The van der Waals surface area contributed by atoms with Gasteiger partial charge in [0.15, 0.2) is 6.10 Å². The molecule has 4 aromatic rings. The van der Waals surface area contributed by atoms with Gasteiger partial charge in [0.05, 0.1) is 35.5 Å². The quantitative estimate of drug-likeness (QED) is 0.207. The van der Waals surface area contributed by atoms with Crippen LogP contribution in [0.15, 0.2) is 59.6 Å². The lowest BCUT2D eigenvalue weighted by Crippen LogP contribution is -2.38. The summed E-state index contributed by atoms with van der Waals surface area (Å²) < 4.78 is 28.9. The second-order valence-electron chi connectivity index (χ2n) is 11.6. The summed E-state index contributed by atoms with van der Waals surface area (Å²) in [7, 11) is 0. The van der Waals surface area contributed by atoms with Crippen molar-refractivity contribution >= 4 is 53.1 Å². The molecule has 1 N–H and O–H groups in total. The van der Waals surface area contributed by atoms with Gasteiger partial charge in [0.25, 0.3) is 0 Å². The molecule has 3 atom stereocenters. The van der Waals surface area contributed by atoms with Gasteiger partial charge in [0.1, 0.15) is 23.1 Å². The van der Waals surface area contributed by atoms with Crippen molar-refractivity contribution in [3.8, 4) is 5.75 Å². The number of thiol groups is 1. The fourth-order valence-electron chi connectivity index (χ4n) is 6.37. The number of likely N-dealkylation sites (tertiary alicyclic amines) is 1. The Morgan fingerprint density at radius 1 is 1.11 bits per heavy atom. The maximum absolute atomic E-state index is 14.7. The number of benzene rings is 3. The van der Waals surface area contributed by atoms with E-state index in [9.17, 15) is 14.3 Å². The monoisotopic (exact) mass is 634 g/mol. The highest BCUT2D eigenvalue weighted by molar-refractivity contribution is 7.81. The highest BCUT2D eigenvalue weighted by atomic mass is 35.5. The van der Waals surface area contributed by atoms with Crippen LogP contribution in [0.25, 0.3) is 11.0 Å². The lowest BCUT2D eigenvalue weighted by atomic mass is 9.88. The van der Waals surface area contributed by atoms with E-state index >= 15 is 0 Å². The summed E-state index contributed by atoms with van der Waals surface area (Å²) in [6, 6.07) is 15.7. The van der Waals surface area contributed by atoms with E-state index in [2.05, 4.69) is 20.5 Å². The second kappa shape index (κ2) is 12.2. The number of rotatable bonds is 8. The summed E-state index contributed by atoms with van der Waals surface area (Å²) in [6.45, 7) is 3.68. The van der Waals surface area contributed by atoms with E-state index in [-0.39, 0.29) is 22.8 Å². The molecule has 3 aromatic carbocycles. The molecule has 2 saturated heterocycles. The SMILES string of the molecule is O=C(O)c1ccc2nc(CN3CCC(c4cccc5c4OC(c4ccc(Cl)cc4F)C=N5)CC3)n(CC(S)[C@@H]3CCO3)c2c1. The largest absolute Gasteiger partial charge is 0.478 e. The van der Waals surface area contributed by atoms with Crippen molar-refractivity contribution in [1.29, 1.82) is 0 Å². The van der Waals surface area contributed by atoms with Crippen molar-refractivity contribution in [2.24, 2.45) is 4.99 Å². The van der Waals surface area contributed by atoms with Crippen LogP contribution in [0, 0.1) is 5.82 Å². The summed E-state index contributed by atoms with van der Waals surface area (Å²) in [4.78, 5) is 23.6. The van der Waals surface area contributed by atoms with Crippen molar-refractivity contribution < 1.29 is 23.8 Å². The van der Waals surface area contributed by atoms with Crippen LogP contribution in [0.2, 0.25) is 5.02 Å². The Hall–Kier alpha value is -3.44. The smallest absolute Gasteiger partial charge is 0.335 e. The van der Waals surface area contributed by atoms with E-state index in [1.807, 2.05) is 12.1 Å². The lowest BCUT2D eigenvalue weighted by Gasteiger charge is -2.34. The maximum Gasteiger partial charge on any atom is 0.335 e. The molecule has 11 heteroatoms. The number of hydrogen-bond donors (Lipinski definition) is 2. The van der Waals surface area contributed by atoms with Gasteiger partial charge in [0, 0.05) is 29.0 Å². The van der Waals surface area contributed by atoms with Gasteiger partial charge in [-0.15, -0.1) is 0 Å². The third kappa shape index (κ3) is 5.72. The van der Waals surface area contributed by atoms with Crippen molar-refractivity contribution in [2.45, 2.75) is 55.7 Å². The Balaban J connectivity index is 1.08. The summed E-state index contributed by atoms with van der Waals surface area (Å²) in [6.07, 6.45) is 3.89. The van der Waals surface area contributed by atoms with E-state index in [1.165, 1.54) is 6.07 Å². The molecule has 1 aromatic heterocycles. The molecule has 4 heterocycles. The molecule has 0 aliphatic carbocycles. The van der Waals surface area contributed by atoms with Gasteiger partial charge >= 0.3 is 5.97 Å². The number of carboxylic acids is 1. The molecule has 0 spiro atoms. The number of aliphatic imine (C=N–C) groups is 1. The second-order valence-corrected chi connectivity index (χ2v) is 12.7. The number of carbonyl (C=O) groups is 1. The van der Waals surface area contributed by atoms with Crippen LogP contribution in [0.5, 0.6) is 5.75 Å². The van der Waals surface area contributed by atoms with Crippen LogP contribution in [0.1, 0.15) is 58.6 Å². The average Bonchev–Trinajstić information content (AvgIpc) is 3.31. The predicted molar refractivity (Wildman–Crippen MR) is 170 cm³/mol. The molecule has 0 bridgehead atoms. The minimum absolute atomic E-state index is 0.0174. The van der Waals surface area contributed by atoms with Crippen LogP contribution in [-0.4, -0.2) is 62.8 Å². The molecule has 44 heavy (non-hydrogen) atoms. The first-order valence-corrected chi connectivity index (χ1v) is 15.8. The number of nitrogens with zero attached hydrogens (tertiary/aromatic N) is 4. The number of hydrogen-bond acceptors (Lipinski definition) is 7. The normalized spacial score (nSPS) is 21.1. The average molecular weight is 635 g/mol. The first-order chi connectivity index (χ1) is 21.3. The fourth-order valence-corrected chi connectivity index (χ4v) is 6.93. The Bertz CT molecular complexity index is 1750. The first-order valence-electron chi connectivity index (χ1n) is 14.9. The Morgan fingerprint density at radius 2 is 1.93 bits per heavy atom. The van der Waals surface area contributed by atoms with E-state index in [0.717, 1.165) is 67.1 Å². The number of carboxylic acid groups (broad SMARTS) is 1. The molecular formula is C33H32ClFN4O4S. The van der Waals surface area contributed by atoms with Crippen LogP contribution >= 0.6 is 24.2 Å². The lowest BCUT2D eigenvalue weighted by molar-refractivity contribution is -0.0521. The van der Waals surface area contributed by atoms with E-state index in [1.54, 1.807) is 36.5 Å². The zero-order valence-electron chi connectivity index (χ0n) is 23.9. The molecule has 7 rings (SSSR count). The van der Waals surface area contributed by atoms with Crippen LogP contribution in [0.4, 0.5) is 10.1 Å². The molecule has 0 radical (unpaired) electrons. The topological polar surface area (TPSA) is 89.2 Å². The maximum atomic E-state index is 14.7. The number of para-hydroxylation sites is 1. The third-order valence-electron chi connectivity index (χ3n) is 8.89. The van der Waals surface area contributed by atoms with Crippen molar-refractivity contribution in [2.75, 3.05) is 19.7 Å². The number of aromatic carboxylic acids is 1. The van der Waals surface area contributed by atoms with Crippen molar-refractivity contribution in [1.82, 2.24) is 14.5 Å². The predicted octanol–water partition coefficient (Wildman–Crippen LogP) is 6.83. The Morgan fingerprint density at radius 3 is 2.66 bits per heavy atom. The van der Waals surface area contributed by atoms with Gasteiger partial charge in [0.2, 0.25) is 0 Å². The van der Waals surface area contributed by atoms with E-state index in [4.69, 9.17) is 38.7 Å². The highest BCUT2D eigenvalue weighted by Crippen LogP contribution is 2.44. The molecular weight excluding hydrogens is 603 g/mol. The zero-order chi connectivity index (χ0) is 30.4. The molecule has 0 saturated carbocycles. The molecule has 8 nitrogen and oxygen atoms in total. The number of imidazole rings is 1. The number of aromatic nitrogens is 2. The van der Waals surface area contributed by atoms with Crippen molar-refractivity contribution in [3.63, 3.8) is 0 Å². The standard InChI is InChI=1S/C33H32ClFN4O4S/c34-21-5-6-23(24(35)15-21)29-16-36-26-3-1-2-22(32(26)43-29)19-8-11-38(12-9-19)18-31-37-25-7-4-20(33(40)41)14-27(25)39(31)17-30(44)28-10-13-42-28/h1-7,14-16,19,28-30,44H,8-13,17-18H2,(H,40,41)/t28-,29?,30?/m0/s1. The molecule has 2 fully saturated rings. The van der Waals surface area contributed by atoms with E-state index in [0.29, 0.717) is 29.4 Å². The number of ether oxygens (including phenoxy) is 2. The van der Waals surface area contributed by atoms with Crippen LogP contribution in [-0.2, 0) is 17.8 Å². The summed E-state index contributed by atoms with van der Waals surface area (Å²) in [5.74, 6) is 0.483. The number of piperidine rings is 1. The van der Waals surface area contributed by atoms with Gasteiger partial charge in [-0.05, 0) is 80.2 Å². The minimum atomic E-state index is -0.963.